The fourth-order valence-corrected chi connectivity index (χ4v) is 2.57. The van der Waals surface area contributed by atoms with Gasteiger partial charge in [-0.05, 0) is 43.0 Å². The third-order valence-electron chi connectivity index (χ3n) is 3.75. The summed E-state index contributed by atoms with van der Waals surface area (Å²) in [6.45, 7) is 6.26. The topological polar surface area (TPSA) is 29.1 Å². The molecule has 0 spiro atoms. The van der Waals surface area contributed by atoms with E-state index in [0.29, 0.717) is 0 Å². The van der Waals surface area contributed by atoms with Gasteiger partial charge in [-0.15, -0.1) is 0 Å². The van der Waals surface area contributed by atoms with Gasteiger partial charge in [0.25, 0.3) is 0 Å². The first-order valence-corrected chi connectivity index (χ1v) is 7.71. The molecular formula is C20H23NO. The van der Waals surface area contributed by atoms with E-state index in [9.17, 15) is 4.79 Å². The van der Waals surface area contributed by atoms with Gasteiger partial charge < -0.3 is 5.32 Å². The first-order valence-electron chi connectivity index (χ1n) is 7.71. The molecule has 0 aromatic heterocycles. The minimum atomic E-state index is -0.0596. The zero-order valence-electron chi connectivity index (χ0n) is 13.5. The van der Waals surface area contributed by atoms with Gasteiger partial charge in [-0.25, -0.2) is 0 Å². The van der Waals surface area contributed by atoms with Crippen LogP contribution in [0.5, 0.6) is 0 Å². The molecule has 1 N–H and O–H groups in total. The summed E-state index contributed by atoms with van der Waals surface area (Å²) in [5.41, 5.74) is 4.68. The van der Waals surface area contributed by atoms with Crippen LogP contribution in [0.4, 0.5) is 0 Å². The number of aryl methyl sites for hydroxylation is 2. The van der Waals surface area contributed by atoms with Crippen molar-refractivity contribution in [2.45, 2.75) is 33.2 Å². The van der Waals surface area contributed by atoms with Gasteiger partial charge in [-0.2, -0.15) is 0 Å². The number of amides is 1. The largest absolute Gasteiger partial charge is 0.346 e. The third kappa shape index (κ3) is 4.32. The van der Waals surface area contributed by atoms with Crippen LogP contribution in [-0.4, -0.2) is 5.91 Å². The number of carbonyl (C=O) groups is 1. The van der Waals surface area contributed by atoms with Crippen molar-refractivity contribution >= 4 is 12.0 Å². The smallest absolute Gasteiger partial charge is 0.244 e. The molecule has 2 aromatic carbocycles. The number of rotatable bonds is 5. The van der Waals surface area contributed by atoms with E-state index < -0.39 is 0 Å². The van der Waals surface area contributed by atoms with Crippen molar-refractivity contribution in [3.05, 3.63) is 76.9 Å². The number of hydrogen-bond acceptors (Lipinski definition) is 1. The van der Waals surface area contributed by atoms with Crippen LogP contribution in [-0.2, 0) is 4.79 Å². The highest BCUT2D eigenvalue weighted by Gasteiger charge is 2.13. The normalized spacial score (nSPS) is 12.3. The molecule has 0 saturated carbocycles. The van der Waals surface area contributed by atoms with Crippen LogP contribution in [0, 0.1) is 13.8 Å². The number of hydrogen-bond donors (Lipinski definition) is 1. The Labute approximate surface area is 132 Å². The SMILES string of the molecule is CC[C@@H](NC(=O)/C=C/c1ccccc1)c1ccc(C)cc1C. The minimum Gasteiger partial charge on any atom is -0.346 e. The van der Waals surface area contributed by atoms with E-state index in [-0.39, 0.29) is 11.9 Å². The maximum Gasteiger partial charge on any atom is 0.244 e. The lowest BCUT2D eigenvalue weighted by atomic mass is 9.97. The van der Waals surface area contributed by atoms with Gasteiger partial charge in [-0.3, -0.25) is 4.79 Å². The highest BCUT2D eigenvalue weighted by molar-refractivity contribution is 5.92. The summed E-state index contributed by atoms with van der Waals surface area (Å²) in [7, 11) is 0. The molecule has 0 heterocycles. The predicted molar refractivity (Wildman–Crippen MR) is 92.6 cm³/mol. The van der Waals surface area contributed by atoms with E-state index in [4.69, 9.17) is 0 Å². The molecule has 0 aliphatic heterocycles. The van der Waals surface area contributed by atoms with Gasteiger partial charge in [0.15, 0.2) is 0 Å². The lowest BCUT2D eigenvalue weighted by Crippen LogP contribution is -2.26. The molecule has 2 aromatic rings. The van der Waals surface area contributed by atoms with Crippen molar-refractivity contribution in [1.82, 2.24) is 5.32 Å². The van der Waals surface area contributed by atoms with Crippen LogP contribution in [0.25, 0.3) is 6.08 Å². The Hall–Kier alpha value is -2.35. The summed E-state index contributed by atoms with van der Waals surface area (Å²) in [6.07, 6.45) is 4.31. The van der Waals surface area contributed by atoms with Gasteiger partial charge in [0.05, 0.1) is 6.04 Å². The Morgan fingerprint density at radius 2 is 1.86 bits per heavy atom. The average Bonchev–Trinajstić information content (AvgIpc) is 2.52. The minimum absolute atomic E-state index is 0.0496. The van der Waals surface area contributed by atoms with E-state index in [1.807, 2.05) is 36.4 Å². The van der Waals surface area contributed by atoms with Crippen LogP contribution in [0.15, 0.2) is 54.6 Å². The van der Waals surface area contributed by atoms with Crippen molar-refractivity contribution < 1.29 is 4.79 Å². The van der Waals surface area contributed by atoms with Gasteiger partial charge in [0.1, 0.15) is 0 Å². The van der Waals surface area contributed by atoms with Crippen molar-refractivity contribution in [2.75, 3.05) is 0 Å². The van der Waals surface area contributed by atoms with E-state index in [1.165, 1.54) is 16.7 Å². The molecule has 0 radical (unpaired) electrons. The van der Waals surface area contributed by atoms with Crippen molar-refractivity contribution in [3.63, 3.8) is 0 Å². The van der Waals surface area contributed by atoms with E-state index >= 15 is 0 Å². The Balaban J connectivity index is 2.06. The summed E-state index contributed by atoms with van der Waals surface area (Å²) < 4.78 is 0. The quantitative estimate of drug-likeness (QED) is 0.803. The van der Waals surface area contributed by atoms with E-state index in [1.54, 1.807) is 6.08 Å². The Morgan fingerprint density at radius 1 is 1.14 bits per heavy atom. The summed E-state index contributed by atoms with van der Waals surface area (Å²) in [5.74, 6) is -0.0596. The van der Waals surface area contributed by atoms with Gasteiger partial charge >= 0.3 is 0 Å². The highest BCUT2D eigenvalue weighted by Crippen LogP contribution is 2.21. The lowest BCUT2D eigenvalue weighted by molar-refractivity contribution is -0.117. The maximum absolute atomic E-state index is 12.1. The Kier molecular flexibility index (Phi) is 5.54. The van der Waals surface area contributed by atoms with Crippen molar-refractivity contribution in [2.24, 2.45) is 0 Å². The van der Waals surface area contributed by atoms with Crippen LogP contribution < -0.4 is 5.32 Å². The van der Waals surface area contributed by atoms with Crippen molar-refractivity contribution in [3.8, 4) is 0 Å². The highest BCUT2D eigenvalue weighted by atomic mass is 16.1. The standard InChI is InChI=1S/C20H23NO/c1-4-19(18-12-10-15(2)14-16(18)3)21-20(22)13-11-17-8-6-5-7-9-17/h5-14,19H,4H2,1-3H3,(H,21,22)/b13-11+/t19-/m1/s1. The molecule has 0 aliphatic rings. The molecule has 2 heteroatoms. The second-order valence-electron chi connectivity index (χ2n) is 5.57. The molecule has 114 valence electrons. The average molecular weight is 293 g/mol. The molecule has 0 fully saturated rings. The maximum atomic E-state index is 12.1. The molecule has 1 amide bonds. The fraction of sp³-hybridized carbons (Fsp3) is 0.250. The van der Waals surface area contributed by atoms with Crippen LogP contribution >= 0.6 is 0 Å². The molecule has 2 rings (SSSR count). The predicted octanol–water partition coefficient (Wildman–Crippen LogP) is 4.58. The zero-order chi connectivity index (χ0) is 15.9. The summed E-state index contributed by atoms with van der Waals surface area (Å²) in [4.78, 5) is 12.1. The molecule has 0 aliphatic carbocycles. The second kappa shape index (κ2) is 7.60. The van der Waals surface area contributed by atoms with Gasteiger partial charge in [0.2, 0.25) is 5.91 Å². The molecule has 0 unspecified atom stereocenters. The summed E-state index contributed by atoms with van der Waals surface area (Å²) >= 11 is 0. The monoisotopic (exact) mass is 293 g/mol. The molecular weight excluding hydrogens is 270 g/mol. The number of nitrogens with one attached hydrogen (secondary N) is 1. The molecule has 0 saturated heterocycles. The summed E-state index contributed by atoms with van der Waals surface area (Å²) in [6, 6.07) is 16.3. The number of benzene rings is 2. The zero-order valence-corrected chi connectivity index (χ0v) is 13.5. The Bertz CT molecular complexity index is 659. The van der Waals surface area contributed by atoms with Crippen LogP contribution in [0.3, 0.4) is 0 Å². The third-order valence-corrected chi connectivity index (χ3v) is 3.75. The first kappa shape index (κ1) is 16.0. The van der Waals surface area contributed by atoms with Gasteiger partial charge in [0, 0.05) is 6.08 Å². The van der Waals surface area contributed by atoms with E-state index in [2.05, 4.69) is 44.3 Å². The van der Waals surface area contributed by atoms with Gasteiger partial charge in [-0.1, -0.05) is 61.0 Å². The molecule has 0 bridgehead atoms. The number of carbonyl (C=O) groups excluding carboxylic acids is 1. The summed E-state index contributed by atoms with van der Waals surface area (Å²) in [5, 5.41) is 3.09. The van der Waals surface area contributed by atoms with Crippen molar-refractivity contribution in [1.29, 1.82) is 0 Å². The molecule has 1 atom stereocenters. The fourth-order valence-electron chi connectivity index (χ4n) is 2.57. The molecule has 22 heavy (non-hydrogen) atoms. The molecule has 2 nitrogen and oxygen atoms in total. The van der Waals surface area contributed by atoms with Crippen LogP contribution in [0.2, 0.25) is 0 Å². The first-order chi connectivity index (χ1) is 10.6. The Morgan fingerprint density at radius 3 is 2.50 bits per heavy atom. The van der Waals surface area contributed by atoms with Crippen LogP contribution in [0.1, 0.15) is 41.6 Å². The lowest BCUT2D eigenvalue weighted by Gasteiger charge is -2.19. The second-order valence-corrected chi connectivity index (χ2v) is 5.57. The van der Waals surface area contributed by atoms with E-state index in [0.717, 1.165) is 12.0 Å².